The number of halogens is 1. The van der Waals surface area contributed by atoms with E-state index in [-0.39, 0.29) is 54.6 Å². The molecule has 2 saturated carbocycles. The number of Topliss-reactive ketones (excluding diaryl/α,β-unsaturated/α-hetero) is 1. The van der Waals surface area contributed by atoms with Crippen LogP contribution in [0.15, 0.2) is 24.3 Å². The summed E-state index contributed by atoms with van der Waals surface area (Å²) in [7, 11) is 0. The third-order valence-corrected chi connectivity index (χ3v) is 9.33. The van der Waals surface area contributed by atoms with Crippen LogP contribution in [0.5, 0.6) is 0 Å². The average molecular weight is 514 g/mol. The van der Waals surface area contributed by atoms with E-state index in [1.54, 1.807) is 19.1 Å². The molecule has 0 spiro atoms. The maximum Gasteiger partial charge on any atom is 0.338 e. The third-order valence-electron chi connectivity index (χ3n) is 9.33. The molecule has 37 heavy (non-hydrogen) atoms. The third kappa shape index (κ3) is 6.61. The quantitative estimate of drug-likeness (QED) is 0.370. The Balaban J connectivity index is 1.47. The van der Waals surface area contributed by atoms with Gasteiger partial charge in [-0.1, -0.05) is 51.2 Å². The topological polar surface area (TPSA) is 63.7 Å². The fourth-order valence-electron chi connectivity index (χ4n) is 7.11. The number of benzene rings is 1. The number of ether oxygens (including phenoxy) is 1. The van der Waals surface area contributed by atoms with E-state index in [0.717, 1.165) is 50.5 Å². The Morgan fingerprint density at radius 1 is 0.973 bits per heavy atom. The predicted octanol–water partition coefficient (Wildman–Crippen LogP) is 6.18. The van der Waals surface area contributed by atoms with Crippen LogP contribution in [0, 0.1) is 29.6 Å². The number of amides is 1. The van der Waals surface area contributed by atoms with Gasteiger partial charge in [-0.2, -0.15) is 0 Å². The predicted molar refractivity (Wildman–Crippen MR) is 142 cm³/mol. The Hall–Kier alpha value is -2.24. The van der Waals surface area contributed by atoms with Gasteiger partial charge < -0.3 is 9.64 Å². The molecule has 5 nitrogen and oxygen atoms in total. The smallest absolute Gasteiger partial charge is 0.338 e. The molecule has 0 unspecified atom stereocenters. The largest absolute Gasteiger partial charge is 0.462 e. The van der Waals surface area contributed by atoms with Crippen molar-refractivity contribution in [2.45, 2.75) is 90.5 Å². The van der Waals surface area contributed by atoms with E-state index in [4.69, 9.17) is 4.74 Å². The SMILES string of the molecule is CCOC(=O)c1ccc(CC(=O)[C@@H]2[C@H](C3CCCCC3)CCN2C(=O)C2CCC([C@H](C)CF)CC2)cc1. The van der Waals surface area contributed by atoms with E-state index in [9.17, 15) is 18.8 Å². The monoisotopic (exact) mass is 513 g/mol. The zero-order chi connectivity index (χ0) is 26.4. The van der Waals surface area contributed by atoms with Crippen LogP contribution in [0.3, 0.4) is 0 Å². The number of carbonyl (C=O) groups is 3. The first kappa shape index (κ1) is 27.8. The second kappa shape index (κ2) is 13.0. The van der Waals surface area contributed by atoms with Gasteiger partial charge in [0.25, 0.3) is 0 Å². The molecule has 0 N–H and O–H groups in total. The van der Waals surface area contributed by atoms with E-state index >= 15 is 0 Å². The molecule has 1 saturated heterocycles. The molecule has 3 aliphatic rings. The van der Waals surface area contributed by atoms with Crippen LogP contribution >= 0.6 is 0 Å². The van der Waals surface area contributed by atoms with E-state index in [0.29, 0.717) is 30.6 Å². The zero-order valence-corrected chi connectivity index (χ0v) is 22.6. The summed E-state index contributed by atoms with van der Waals surface area (Å²) in [6.07, 6.45) is 10.5. The van der Waals surface area contributed by atoms with Crippen LogP contribution in [0.2, 0.25) is 0 Å². The van der Waals surface area contributed by atoms with Gasteiger partial charge >= 0.3 is 5.97 Å². The molecule has 1 aromatic carbocycles. The van der Waals surface area contributed by atoms with Crippen molar-refractivity contribution >= 4 is 17.7 Å². The lowest BCUT2D eigenvalue weighted by atomic mass is 9.74. The van der Waals surface area contributed by atoms with Gasteiger partial charge in [0.1, 0.15) is 0 Å². The minimum absolute atomic E-state index is 0.0488. The van der Waals surface area contributed by atoms with Crippen molar-refractivity contribution in [2.24, 2.45) is 29.6 Å². The van der Waals surface area contributed by atoms with Gasteiger partial charge in [-0.3, -0.25) is 14.0 Å². The summed E-state index contributed by atoms with van der Waals surface area (Å²) >= 11 is 0. The molecule has 204 valence electrons. The molecule has 2 aliphatic carbocycles. The Morgan fingerprint density at radius 3 is 2.27 bits per heavy atom. The molecular weight excluding hydrogens is 469 g/mol. The Bertz CT molecular complexity index is 918. The first-order chi connectivity index (χ1) is 17.9. The molecule has 0 bridgehead atoms. The van der Waals surface area contributed by atoms with Crippen molar-refractivity contribution < 1.29 is 23.5 Å². The molecule has 1 heterocycles. The molecule has 4 rings (SSSR count). The summed E-state index contributed by atoms with van der Waals surface area (Å²) in [6.45, 7) is 4.44. The normalized spacial score (nSPS) is 27.6. The van der Waals surface area contributed by atoms with Crippen LogP contribution in [0.25, 0.3) is 0 Å². The van der Waals surface area contributed by atoms with Gasteiger partial charge in [0.2, 0.25) is 5.91 Å². The first-order valence-corrected chi connectivity index (χ1v) is 14.6. The molecule has 3 atom stereocenters. The first-order valence-electron chi connectivity index (χ1n) is 14.6. The van der Waals surface area contributed by atoms with Gasteiger partial charge in [-0.25, -0.2) is 4.79 Å². The number of hydrogen-bond acceptors (Lipinski definition) is 4. The van der Waals surface area contributed by atoms with Crippen LogP contribution < -0.4 is 0 Å². The highest BCUT2D eigenvalue weighted by molar-refractivity contribution is 5.92. The second-order valence-corrected chi connectivity index (χ2v) is 11.6. The number of hydrogen-bond donors (Lipinski definition) is 0. The fourth-order valence-corrected chi connectivity index (χ4v) is 7.11. The molecule has 0 radical (unpaired) electrons. The van der Waals surface area contributed by atoms with Crippen molar-refractivity contribution in [3.05, 3.63) is 35.4 Å². The Labute approximate surface area is 221 Å². The average Bonchev–Trinajstić information content (AvgIpc) is 3.39. The lowest BCUT2D eigenvalue weighted by Crippen LogP contribution is -2.48. The lowest BCUT2D eigenvalue weighted by Gasteiger charge is -2.37. The molecule has 3 fully saturated rings. The van der Waals surface area contributed by atoms with Crippen molar-refractivity contribution in [1.82, 2.24) is 4.90 Å². The van der Waals surface area contributed by atoms with Crippen molar-refractivity contribution in [3.63, 3.8) is 0 Å². The molecular formula is C31H44FNO4. The second-order valence-electron chi connectivity index (χ2n) is 11.6. The number of nitrogens with zero attached hydrogens (tertiary/aromatic N) is 1. The van der Waals surface area contributed by atoms with Crippen molar-refractivity contribution in [3.8, 4) is 0 Å². The van der Waals surface area contributed by atoms with E-state index < -0.39 is 0 Å². The maximum absolute atomic E-state index is 13.8. The van der Waals surface area contributed by atoms with Crippen LogP contribution in [-0.4, -0.2) is 48.4 Å². The standard InChI is InChI=1S/C31H44FNO4/c1-3-37-31(36)26-11-9-22(10-12-26)19-28(34)29-27(24-7-5-4-6-8-24)17-18-33(29)30(35)25-15-13-23(14-16-25)21(2)20-32/h9-12,21,23-25,27,29H,3-8,13-20H2,1-2H3/t21-,23?,25?,27+,29+/m1/s1. The number of alkyl halides is 1. The highest BCUT2D eigenvalue weighted by Crippen LogP contribution is 2.42. The van der Waals surface area contributed by atoms with E-state index in [1.165, 1.54) is 19.3 Å². The minimum atomic E-state index is -0.360. The number of ketones is 1. The number of esters is 1. The number of carbonyl (C=O) groups excluding carboxylic acids is 3. The summed E-state index contributed by atoms with van der Waals surface area (Å²) in [5, 5.41) is 0. The molecule has 6 heteroatoms. The summed E-state index contributed by atoms with van der Waals surface area (Å²) in [4.78, 5) is 41.5. The van der Waals surface area contributed by atoms with Crippen molar-refractivity contribution in [1.29, 1.82) is 0 Å². The Morgan fingerprint density at radius 2 is 1.65 bits per heavy atom. The summed E-state index contributed by atoms with van der Waals surface area (Å²) in [5.74, 6) is 1.01. The number of likely N-dealkylation sites (tertiary alicyclic amines) is 1. The van der Waals surface area contributed by atoms with Crippen LogP contribution in [0.4, 0.5) is 4.39 Å². The zero-order valence-electron chi connectivity index (χ0n) is 22.6. The highest BCUT2D eigenvalue weighted by atomic mass is 19.1. The molecule has 0 aromatic heterocycles. The summed E-state index contributed by atoms with van der Waals surface area (Å²) < 4.78 is 18.2. The van der Waals surface area contributed by atoms with Gasteiger partial charge in [0.05, 0.1) is 24.9 Å². The van der Waals surface area contributed by atoms with E-state index in [2.05, 4.69) is 0 Å². The molecule has 1 aromatic rings. The number of rotatable bonds is 9. The van der Waals surface area contributed by atoms with Crippen LogP contribution in [-0.2, 0) is 20.7 Å². The lowest BCUT2D eigenvalue weighted by molar-refractivity contribution is -0.143. The minimum Gasteiger partial charge on any atom is -0.462 e. The fraction of sp³-hybridized carbons (Fsp3) is 0.710. The van der Waals surface area contributed by atoms with E-state index in [1.807, 2.05) is 24.0 Å². The highest BCUT2D eigenvalue weighted by Gasteiger charge is 2.46. The van der Waals surface area contributed by atoms with Gasteiger partial charge in [-0.15, -0.1) is 0 Å². The summed E-state index contributed by atoms with van der Waals surface area (Å²) in [5.41, 5.74) is 1.34. The molecule has 1 amide bonds. The van der Waals surface area contributed by atoms with Crippen LogP contribution in [0.1, 0.15) is 94.0 Å². The summed E-state index contributed by atoms with van der Waals surface area (Å²) in [6, 6.07) is 6.73. The van der Waals surface area contributed by atoms with Gasteiger partial charge in [-0.05, 0) is 80.4 Å². The van der Waals surface area contributed by atoms with Crippen molar-refractivity contribution in [2.75, 3.05) is 19.8 Å². The Kier molecular flexibility index (Phi) is 9.77. The molecule has 1 aliphatic heterocycles. The van der Waals surface area contributed by atoms with Gasteiger partial charge in [0, 0.05) is 18.9 Å². The van der Waals surface area contributed by atoms with Gasteiger partial charge in [0.15, 0.2) is 5.78 Å². The maximum atomic E-state index is 13.8.